The standard InChI is InChI=1S/C19H25N5O/c1-4-10-21-19(25)15-16-18(24(17(15)20)11-9-12(2)3)23-14-8-6-5-7-13(14)22-16/h5-8,12H,4,9-11,20H2,1-3H3,(H,21,25). The van der Waals surface area contributed by atoms with Gasteiger partial charge in [0.2, 0.25) is 0 Å². The number of anilines is 1. The van der Waals surface area contributed by atoms with Crippen molar-refractivity contribution in [2.45, 2.75) is 40.2 Å². The Bertz CT molecular complexity index is 913. The molecule has 0 atom stereocenters. The second-order valence-corrected chi connectivity index (χ2v) is 6.73. The molecule has 1 amide bonds. The third kappa shape index (κ3) is 3.29. The minimum absolute atomic E-state index is 0.183. The maximum absolute atomic E-state index is 12.7. The van der Waals surface area contributed by atoms with Crippen LogP contribution in [0.4, 0.5) is 5.82 Å². The van der Waals surface area contributed by atoms with Gasteiger partial charge in [0.25, 0.3) is 5.91 Å². The van der Waals surface area contributed by atoms with Gasteiger partial charge < -0.3 is 15.6 Å². The lowest BCUT2D eigenvalue weighted by Crippen LogP contribution is -2.25. The Balaban J connectivity index is 2.20. The summed E-state index contributed by atoms with van der Waals surface area (Å²) in [5, 5.41) is 2.91. The number of nitrogens with zero attached hydrogens (tertiary/aromatic N) is 3. The molecule has 2 aromatic heterocycles. The minimum atomic E-state index is -0.183. The van der Waals surface area contributed by atoms with E-state index in [0.717, 1.165) is 23.9 Å². The summed E-state index contributed by atoms with van der Waals surface area (Å²) in [6.45, 7) is 7.67. The van der Waals surface area contributed by atoms with Crippen molar-refractivity contribution in [2.24, 2.45) is 5.92 Å². The second-order valence-electron chi connectivity index (χ2n) is 6.73. The van der Waals surface area contributed by atoms with Crippen molar-refractivity contribution in [1.29, 1.82) is 0 Å². The van der Waals surface area contributed by atoms with E-state index in [0.29, 0.717) is 41.6 Å². The first-order valence-corrected chi connectivity index (χ1v) is 8.85. The van der Waals surface area contributed by atoms with Crippen LogP contribution in [-0.2, 0) is 6.54 Å². The van der Waals surface area contributed by atoms with Gasteiger partial charge in [0.15, 0.2) is 5.65 Å². The summed E-state index contributed by atoms with van der Waals surface area (Å²) < 4.78 is 1.93. The molecular weight excluding hydrogens is 314 g/mol. The number of nitrogens with one attached hydrogen (secondary N) is 1. The molecule has 0 fully saturated rings. The summed E-state index contributed by atoms with van der Waals surface area (Å²) in [6, 6.07) is 7.67. The number of nitrogen functional groups attached to an aromatic ring is 1. The number of hydrogen-bond acceptors (Lipinski definition) is 4. The van der Waals surface area contributed by atoms with Crippen LogP contribution in [0, 0.1) is 5.92 Å². The molecule has 3 rings (SSSR count). The summed E-state index contributed by atoms with van der Waals surface area (Å²) in [5.74, 6) is 0.791. The average Bonchev–Trinajstić information content (AvgIpc) is 2.86. The molecular formula is C19H25N5O. The number of aryl methyl sites for hydroxylation is 1. The highest BCUT2D eigenvalue weighted by Crippen LogP contribution is 2.28. The molecule has 0 bridgehead atoms. The molecule has 2 heterocycles. The topological polar surface area (TPSA) is 85.8 Å². The Morgan fingerprint density at radius 2 is 1.92 bits per heavy atom. The molecule has 0 aliphatic carbocycles. The highest BCUT2D eigenvalue weighted by Gasteiger charge is 2.23. The first kappa shape index (κ1) is 17.2. The van der Waals surface area contributed by atoms with Crippen LogP contribution in [0.5, 0.6) is 0 Å². The zero-order valence-corrected chi connectivity index (χ0v) is 15.0. The fourth-order valence-corrected chi connectivity index (χ4v) is 2.88. The normalized spacial score (nSPS) is 11.5. The monoisotopic (exact) mass is 339 g/mol. The van der Waals surface area contributed by atoms with Gasteiger partial charge in [-0.3, -0.25) is 4.79 Å². The van der Waals surface area contributed by atoms with Crippen molar-refractivity contribution in [3.8, 4) is 0 Å². The second kappa shape index (κ2) is 7.09. The lowest BCUT2D eigenvalue weighted by molar-refractivity contribution is 0.0956. The Kier molecular flexibility index (Phi) is 4.88. The molecule has 25 heavy (non-hydrogen) atoms. The fourth-order valence-electron chi connectivity index (χ4n) is 2.88. The Labute approximate surface area is 147 Å². The van der Waals surface area contributed by atoms with Crippen LogP contribution in [0.1, 0.15) is 44.0 Å². The molecule has 0 saturated carbocycles. The van der Waals surface area contributed by atoms with Crippen molar-refractivity contribution >= 4 is 33.9 Å². The van der Waals surface area contributed by atoms with E-state index in [9.17, 15) is 4.79 Å². The van der Waals surface area contributed by atoms with E-state index in [-0.39, 0.29) is 5.91 Å². The first-order valence-electron chi connectivity index (χ1n) is 8.85. The van der Waals surface area contributed by atoms with E-state index >= 15 is 0 Å². The molecule has 3 aromatic rings. The molecule has 0 saturated heterocycles. The number of hydrogen-bond donors (Lipinski definition) is 2. The third-order valence-corrected chi connectivity index (χ3v) is 4.28. The van der Waals surface area contributed by atoms with E-state index < -0.39 is 0 Å². The predicted octanol–water partition coefficient (Wildman–Crippen LogP) is 3.35. The van der Waals surface area contributed by atoms with Crippen LogP contribution in [0.25, 0.3) is 22.2 Å². The smallest absolute Gasteiger partial charge is 0.257 e. The highest BCUT2D eigenvalue weighted by atomic mass is 16.1. The molecule has 0 unspecified atom stereocenters. The molecule has 0 aliphatic rings. The maximum Gasteiger partial charge on any atom is 0.257 e. The van der Waals surface area contributed by atoms with Gasteiger partial charge in [-0.05, 0) is 30.9 Å². The molecule has 6 nitrogen and oxygen atoms in total. The maximum atomic E-state index is 12.7. The lowest BCUT2D eigenvalue weighted by Gasteiger charge is -2.09. The first-order chi connectivity index (χ1) is 12.0. The molecule has 6 heteroatoms. The summed E-state index contributed by atoms with van der Waals surface area (Å²) in [6.07, 6.45) is 1.82. The number of carbonyl (C=O) groups excluding carboxylic acids is 1. The van der Waals surface area contributed by atoms with Crippen LogP contribution in [0.2, 0.25) is 0 Å². The molecule has 1 aromatic carbocycles. The van der Waals surface area contributed by atoms with Crippen molar-refractivity contribution in [3.05, 3.63) is 29.8 Å². The van der Waals surface area contributed by atoms with Crippen molar-refractivity contribution in [1.82, 2.24) is 19.9 Å². The SMILES string of the molecule is CCCNC(=O)c1c(N)n(CCC(C)C)c2nc3ccccc3nc12. The van der Waals surface area contributed by atoms with Gasteiger partial charge >= 0.3 is 0 Å². The van der Waals surface area contributed by atoms with Crippen LogP contribution in [-0.4, -0.2) is 27.0 Å². The molecule has 0 spiro atoms. The van der Waals surface area contributed by atoms with Crippen molar-refractivity contribution in [3.63, 3.8) is 0 Å². The van der Waals surface area contributed by atoms with Crippen LogP contribution < -0.4 is 11.1 Å². The van der Waals surface area contributed by atoms with Crippen molar-refractivity contribution in [2.75, 3.05) is 12.3 Å². The number of fused-ring (bicyclic) bond motifs is 2. The quantitative estimate of drug-likeness (QED) is 0.721. The fraction of sp³-hybridized carbons (Fsp3) is 0.421. The predicted molar refractivity (Wildman–Crippen MR) is 102 cm³/mol. The number of para-hydroxylation sites is 2. The number of aromatic nitrogens is 3. The van der Waals surface area contributed by atoms with Gasteiger partial charge in [0.1, 0.15) is 16.9 Å². The average molecular weight is 339 g/mol. The summed E-state index contributed by atoms with van der Waals surface area (Å²) in [4.78, 5) is 22.1. The van der Waals surface area contributed by atoms with Crippen LogP contribution in [0.3, 0.4) is 0 Å². The third-order valence-electron chi connectivity index (χ3n) is 4.28. The van der Waals surface area contributed by atoms with Crippen LogP contribution >= 0.6 is 0 Å². The van der Waals surface area contributed by atoms with Gasteiger partial charge in [0, 0.05) is 13.1 Å². The Morgan fingerprint density at radius 3 is 2.56 bits per heavy atom. The van der Waals surface area contributed by atoms with Gasteiger partial charge in [0.05, 0.1) is 11.0 Å². The number of benzene rings is 1. The van der Waals surface area contributed by atoms with Crippen molar-refractivity contribution < 1.29 is 4.79 Å². The van der Waals surface area contributed by atoms with Gasteiger partial charge in [-0.2, -0.15) is 0 Å². The molecule has 0 radical (unpaired) electrons. The lowest BCUT2D eigenvalue weighted by atomic mass is 10.1. The molecule has 0 aliphatic heterocycles. The number of amides is 1. The van der Waals surface area contributed by atoms with Gasteiger partial charge in [-0.25, -0.2) is 9.97 Å². The largest absolute Gasteiger partial charge is 0.384 e. The van der Waals surface area contributed by atoms with E-state index in [2.05, 4.69) is 19.2 Å². The van der Waals surface area contributed by atoms with Gasteiger partial charge in [-0.15, -0.1) is 0 Å². The summed E-state index contributed by atoms with van der Waals surface area (Å²) >= 11 is 0. The Hall–Kier alpha value is -2.63. The van der Waals surface area contributed by atoms with E-state index in [4.69, 9.17) is 15.7 Å². The highest BCUT2D eigenvalue weighted by molar-refractivity contribution is 6.10. The molecule has 132 valence electrons. The van der Waals surface area contributed by atoms with E-state index in [1.54, 1.807) is 0 Å². The zero-order valence-electron chi connectivity index (χ0n) is 15.0. The number of carbonyl (C=O) groups is 1. The molecule has 3 N–H and O–H groups in total. The Morgan fingerprint density at radius 1 is 1.24 bits per heavy atom. The summed E-state index contributed by atoms with van der Waals surface area (Å²) in [7, 11) is 0. The zero-order chi connectivity index (χ0) is 18.0. The summed E-state index contributed by atoms with van der Waals surface area (Å²) in [5.41, 5.74) is 9.62. The minimum Gasteiger partial charge on any atom is -0.384 e. The van der Waals surface area contributed by atoms with E-state index in [1.165, 1.54) is 0 Å². The van der Waals surface area contributed by atoms with E-state index in [1.807, 2.05) is 35.8 Å². The van der Waals surface area contributed by atoms with Gasteiger partial charge in [-0.1, -0.05) is 32.9 Å². The van der Waals surface area contributed by atoms with Crippen LogP contribution in [0.15, 0.2) is 24.3 Å². The number of nitrogens with two attached hydrogens (primary N) is 1. The number of rotatable bonds is 6.